The highest BCUT2D eigenvalue weighted by molar-refractivity contribution is 5.95. The molecule has 0 spiro atoms. The van der Waals surface area contributed by atoms with Gasteiger partial charge in [0.1, 0.15) is 22.9 Å². The number of anilines is 1. The molecule has 1 saturated carbocycles. The van der Waals surface area contributed by atoms with Crippen LogP contribution in [0.15, 0.2) is 42.5 Å². The Hall–Kier alpha value is -3.88. The van der Waals surface area contributed by atoms with E-state index >= 15 is 0 Å². The molecule has 37 heavy (non-hydrogen) atoms. The zero-order valence-electron chi connectivity index (χ0n) is 21.9. The molecule has 0 radical (unpaired) electrons. The fraction of sp³-hybridized carbons (Fsp3) is 0.429. The Labute approximate surface area is 217 Å². The van der Waals surface area contributed by atoms with Gasteiger partial charge in [-0.15, -0.1) is 0 Å². The standard InChI is InChI=1S/C28H35N5O4/c1-5-36-20-11-12-22-21(16-20)25(33-28(26(29)35)13-6-7-14-28)31-24(30-22)18-9-8-10-19(15-18)37-17-23(34)32-27(2,3)4/h8-12,15-16H,5-7,13-14,17H2,1-4H3,(H2,29,35)(H,32,34)(H,30,31,33). The number of hydrogen-bond donors (Lipinski definition) is 3. The Kier molecular flexibility index (Phi) is 7.52. The largest absolute Gasteiger partial charge is 0.494 e. The average molecular weight is 506 g/mol. The van der Waals surface area contributed by atoms with Crippen LogP contribution in [0.1, 0.15) is 53.4 Å². The minimum Gasteiger partial charge on any atom is -0.494 e. The van der Waals surface area contributed by atoms with E-state index in [9.17, 15) is 9.59 Å². The van der Waals surface area contributed by atoms with Crippen LogP contribution in [0.2, 0.25) is 0 Å². The molecule has 0 saturated heterocycles. The van der Waals surface area contributed by atoms with E-state index in [4.69, 9.17) is 25.2 Å². The molecule has 1 aliphatic carbocycles. The van der Waals surface area contributed by atoms with Crippen molar-refractivity contribution in [2.45, 2.75) is 64.5 Å². The summed E-state index contributed by atoms with van der Waals surface area (Å²) < 4.78 is 11.4. The van der Waals surface area contributed by atoms with Crippen LogP contribution in [0.5, 0.6) is 11.5 Å². The Balaban J connectivity index is 1.69. The molecule has 196 valence electrons. The number of hydrogen-bond acceptors (Lipinski definition) is 7. The van der Waals surface area contributed by atoms with Crippen molar-refractivity contribution in [2.24, 2.45) is 5.73 Å². The van der Waals surface area contributed by atoms with Crippen molar-refractivity contribution < 1.29 is 19.1 Å². The number of carbonyl (C=O) groups is 2. The summed E-state index contributed by atoms with van der Waals surface area (Å²) in [5, 5.41) is 7.01. The number of fused-ring (bicyclic) bond motifs is 1. The molecule has 0 unspecified atom stereocenters. The van der Waals surface area contributed by atoms with Gasteiger partial charge in [-0.25, -0.2) is 9.97 Å². The Morgan fingerprint density at radius 3 is 2.43 bits per heavy atom. The molecule has 0 bridgehead atoms. The molecule has 3 aromatic rings. The first-order valence-electron chi connectivity index (χ1n) is 12.7. The normalized spacial score (nSPS) is 14.8. The molecule has 1 aliphatic rings. The van der Waals surface area contributed by atoms with Crippen LogP contribution in [0, 0.1) is 0 Å². The predicted octanol–water partition coefficient (Wildman–Crippen LogP) is 4.20. The van der Waals surface area contributed by atoms with Crippen molar-refractivity contribution in [3.8, 4) is 22.9 Å². The Morgan fingerprint density at radius 2 is 1.76 bits per heavy atom. The number of nitrogens with zero attached hydrogens (tertiary/aromatic N) is 2. The van der Waals surface area contributed by atoms with Crippen molar-refractivity contribution in [2.75, 3.05) is 18.5 Å². The van der Waals surface area contributed by atoms with Gasteiger partial charge in [0, 0.05) is 16.5 Å². The van der Waals surface area contributed by atoms with Crippen LogP contribution in [0.3, 0.4) is 0 Å². The third kappa shape index (κ3) is 6.28. The quantitative estimate of drug-likeness (QED) is 0.398. The van der Waals surface area contributed by atoms with Gasteiger partial charge in [-0.05, 0) is 70.9 Å². The fourth-order valence-electron chi connectivity index (χ4n) is 4.55. The van der Waals surface area contributed by atoms with Crippen molar-refractivity contribution in [1.82, 2.24) is 15.3 Å². The van der Waals surface area contributed by atoms with Crippen molar-refractivity contribution in [3.05, 3.63) is 42.5 Å². The highest BCUT2D eigenvalue weighted by Crippen LogP contribution is 2.36. The van der Waals surface area contributed by atoms with Gasteiger partial charge in [-0.3, -0.25) is 9.59 Å². The van der Waals surface area contributed by atoms with E-state index < -0.39 is 5.54 Å². The van der Waals surface area contributed by atoms with Crippen LogP contribution in [0.25, 0.3) is 22.3 Å². The van der Waals surface area contributed by atoms with Gasteiger partial charge in [-0.1, -0.05) is 25.0 Å². The monoisotopic (exact) mass is 505 g/mol. The molecular weight excluding hydrogens is 470 g/mol. The minimum atomic E-state index is -0.856. The van der Waals surface area contributed by atoms with Gasteiger partial charge in [0.15, 0.2) is 12.4 Å². The maximum Gasteiger partial charge on any atom is 0.258 e. The molecule has 0 aliphatic heterocycles. The SMILES string of the molecule is CCOc1ccc2nc(-c3cccc(OCC(=O)NC(C)(C)C)c3)nc(NC3(C(N)=O)CCCC3)c2c1. The van der Waals surface area contributed by atoms with Crippen molar-refractivity contribution in [3.63, 3.8) is 0 Å². The number of nitrogens with one attached hydrogen (secondary N) is 2. The molecule has 1 heterocycles. The molecule has 2 amide bonds. The molecule has 9 nitrogen and oxygen atoms in total. The van der Waals surface area contributed by atoms with E-state index in [0.29, 0.717) is 53.7 Å². The average Bonchev–Trinajstić information content (AvgIpc) is 3.32. The maximum atomic E-state index is 12.5. The second-order valence-corrected chi connectivity index (χ2v) is 10.4. The second kappa shape index (κ2) is 10.6. The molecule has 1 fully saturated rings. The van der Waals surface area contributed by atoms with Gasteiger partial charge in [0.05, 0.1) is 12.1 Å². The molecule has 4 rings (SSSR count). The fourth-order valence-corrected chi connectivity index (χ4v) is 4.55. The summed E-state index contributed by atoms with van der Waals surface area (Å²) in [6, 6.07) is 12.9. The lowest BCUT2D eigenvalue weighted by Crippen LogP contribution is -2.48. The number of aromatic nitrogens is 2. The number of rotatable bonds is 9. The molecule has 9 heteroatoms. The van der Waals surface area contributed by atoms with Crippen LogP contribution in [0.4, 0.5) is 5.82 Å². The second-order valence-electron chi connectivity index (χ2n) is 10.4. The number of primary amides is 1. The van der Waals surface area contributed by atoms with Crippen LogP contribution >= 0.6 is 0 Å². The highest BCUT2D eigenvalue weighted by Gasteiger charge is 2.40. The van der Waals surface area contributed by atoms with E-state index in [1.165, 1.54) is 0 Å². The summed E-state index contributed by atoms with van der Waals surface area (Å²) in [6.07, 6.45) is 3.12. The maximum absolute atomic E-state index is 12.5. The van der Waals surface area contributed by atoms with Gasteiger partial charge in [0.25, 0.3) is 5.91 Å². The summed E-state index contributed by atoms with van der Waals surface area (Å²) in [5.74, 6) is 1.61. The zero-order valence-corrected chi connectivity index (χ0v) is 21.9. The zero-order chi connectivity index (χ0) is 26.6. The summed E-state index contributed by atoms with van der Waals surface area (Å²) >= 11 is 0. The van der Waals surface area contributed by atoms with Crippen LogP contribution < -0.4 is 25.8 Å². The lowest BCUT2D eigenvalue weighted by Gasteiger charge is -2.28. The van der Waals surface area contributed by atoms with Crippen LogP contribution in [-0.2, 0) is 9.59 Å². The molecule has 2 aromatic carbocycles. The topological polar surface area (TPSA) is 128 Å². The highest BCUT2D eigenvalue weighted by atomic mass is 16.5. The van der Waals surface area contributed by atoms with Crippen LogP contribution in [-0.4, -0.2) is 46.1 Å². The number of amides is 2. The van der Waals surface area contributed by atoms with Crippen molar-refractivity contribution in [1.29, 1.82) is 0 Å². The lowest BCUT2D eigenvalue weighted by atomic mass is 9.96. The first-order chi connectivity index (χ1) is 17.6. The van der Waals surface area contributed by atoms with Crippen molar-refractivity contribution >= 4 is 28.5 Å². The summed E-state index contributed by atoms with van der Waals surface area (Å²) in [6.45, 7) is 8.09. The third-order valence-electron chi connectivity index (χ3n) is 6.24. The van der Waals surface area contributed by atoms with E-state index in [1.807, 2.05) is 58.0 Å². The molecule has 1 aromatic heterocycles. The summed E-state index contributed by atoms with van der Waals surface area (Å²) in [7, 11) is 0. The van der Waals surface area contributed by atoms with E-state index in [0.717, 1.165) is 18.2 Å². The smallest absolute Gasteiger partial charge is 0.258 e. The van der Waals surface area contributed by atoms with Gasteiger partial charge in [-0.2, -0.15) is 0 Å². The summed E-state index contributed by atoms with van der Waals surface area (Å²) in [5.41, 5.74) is 6.07. The molecular formula is C28H35N5O4. The Morgan fingerprint density at radius 1 is 1.03 bits per heavy atom. The Bertz CT molecular complexity index is 1300. The predicted molar refractivity (Wildman–Crippen MR) is 144 cm³/mol. The van der Waals surface area contributed by atoms with Gasteiger partial charge >= 0.3 is 0 Å². The van der Waals surface area contributed by atoms with E-state index in [-0.39, 0.29) is 24.0 Å². The van der Waals surface area contributed by atoms with E-state index in [1.54, 1.807) is 12.1 Å². The first-order valence-corrected chi connectivity index (χ1v) is 12.7. The first kappa shape index (κ1) is 26.2. The number of ether oxygens (including phenoxy) is 2. The lowest BCUT2D eigenvalue weighted by molar-refractivity contribution is -0.124. The minimum absolute atomic E-state index is 0.104. The van der Waals surface area contributed by atoms with Gasteiger partial charge < -0.3 is 25.8 Å². The van der Waals surface area contributed by atoms with Gasteiger partial charge in [0.2, 0.25) is 5.91 Å². The third-order valence-corrected chi connectivity index (χ3v) is 6.24. The number of nitrogens with two attached hydrogens (primary N) is 1. The number of carbonyl (C=O) groups excluding carboxylic acids is 2. The van der Waals surface area contributed by atoms with E-state index in [2.05, 4.69) is 10.6 Å². The molecule has 4 N–H and O–H groups in total. The number of benzene rings is 2. The molecule has 0 atom stereocenters. The summed E-state index contributed by atoms with van der Waals surface area (Å²) in [4.78, 5) is 34.3.